The SMILES string of the molecule is C=Cc1ccc(O)c(C)c1Cl. The molecule has 1 N–H and O–H groups in total. The maximum Gasteiger partial charge on any atom is 0.120 e. The molecule has 1 aromatic carbocycles. The molecule has 0 aromatic heterocycles. The minimum Gasteiger partial charge on any atom is -0.508 e. The van der Waals surface area contributed by atoms with Crippen molar-refractivity contribution in [3.05, 3.63) is 34.9 Å². The third kappa shape index (κ3) is 1.38. The van der Waals surface area contributed by atoms with Crippen molar-refractivity contribution < 1.29 is 5.11 Å². The summed E-state index contributed by atoms with van der Waals surface area (Å²) in [6.07, 6.45) is 1.66. The molecule has 2 heteroatoms. The first-order valence-corrected chi connectivity index (χ1v) is 3.65. The highest BCUT2D eigenvalue weighted by molar-refractivity contribution is 6.33. The molecule has 0 fully saturated rings. The standard InChI is InChI=1S/C9H9ClO/c1-3-7-4-5-8(11)6(2)9(7)10/h3-5,11H,1H2,2H3. The molecule has 0 aliphatic heterocycles. The second-order valence-electron chi connectivity index (χ2n) is 2.32. The molecule has 0 amide bonds. The van der Waals surface area contributed by atoms with Crippen molar-refractivity contribution in [3.63, 3.8) is 0 Å². The number of phenols is 1. The molecular weight excluding hydrogens is 160 g/mol. The van der Waals surface area contributed by atoms with Crippen LogP contribution in [0.4, 0.5) is 0 Å². The van der Waals surface area contributed by atoms with E-state index in [0.29, 0.717) is 10.6 Å². The molecule has 1 aromatic rings. The Balaban J connectivity index is 3.36. The Morgan fingerprint density at radius 2 is 2.18 bits per heavy atom. The van der Waals surface area contributed by atoms with E-state index < -0.39 is 0 Å². The van der Waals surface area contributed by atoms with E-state index in [4.69, 9.17) is 11.6 Å². The zero-order valence-corrected chi connectivity index (χ0v) is 7.02. The van der Waals surface area contributed by atoms with Gasteiger partial charge in [-0.1, -0.05) is 24.3 Å². The Bertz CT molecular complexity index is 292. The first-order chi connectivity index (χ1) is 5.16. The second-order valence-corrected chi connectivity index (χ2v) is 2.69. The van der Waals surface area contributed by atoms with Gasteiger partial charge in [-0.2, -0.15) is 0 Å². The fourth-order valence-electron chi connectivity index (χ4n) is 0.853. The molecule has 58 valence electrons. The average molecular weight is 169 g/mol. The lowest BCUT2D eigenvalue weighted by molar-refractivity contribution is 0.471. The first-order valence-electron chi connectivity index (χ1n) is 3.27. The Hall–Kier alpha value is -0.950. The maximum atomic E-state index is 9.20. The molecule has 0 aliphatic rings. The van der Waals surface area contributed by atoms with Crippen molar-refractivity contribution in [2.75, 3.05) is 0 Å². The van der Waals surface area contributed by atoms with Crippen LogP contribution in [0.1, 0.15) is 11.1 Å². The van der Waals surface area contributed by atoms with Gasteiger partial charge in [0.05, 0.1) is 5.02 Å². The predicted octanol–water partition coefficient (Wildman–Crippen LogP) is 3.00. The van der Waals surface area contributed by atoms with Crippen LogP contribution in [0.3, 0.4) is 0 Å². The molecule has 0 atom stereocenters. The summed E-state index contributed by atoms with van der Waals surface area (Å²) < 4.78 is 0. The second kappa shape index (κ2) is 2.97. The van der Waals surface area contributed by atoms with Crippen molar-refractivity contribution in [2.45, 2.75) is 6.92 Å². The number of phenolic OH excluding ortho intramolecular Hbond substituents is 1. The van der Waals surface area contributed by atoms with Gasteiger partial charge in [-0.05, 0) is 24.6 Å². The molecule has 0 heterocycles. The quantitative estimate of drug-likeness (QED) is 0.684. The van der Waals surface area contributed by atoms with Gasteiger partial charge in [-0.15, -0.1) is 0 Å². The van der Waals surface area contributed by atoms with E-state index in [-0.39, 0.29) is 5.75 Å². The normalized spacial score (nSPS) is 9.64. The van der Waals surface area contributed by atoms with Gasteiger partial charge < -0.3 is 5.11 Å². The van der Waals surface area contributed by atoms with Gasteiger partial charge in [0.1, 0.15) is 5.75 Å². The van der Waals surface area contributed by atoms with Crippen molar-refractivity contribution in [1.29, 1.82) is 0 Å². The van der Waals surface area contributed by atoms with Crippen LogP contribution < -0.4 is 0 Å². The molecule has 0 radical (unpaired) electrons. The molecule has 0 aliphatic carbocycles. The van der Waals surface area contributed by atoms with Crippen molar-refractivity contribution in [2.24, 2.45) is 0 Å². The minimum atomic E-state index is 0.223. The summed E-state index contributed by atoms with van der Waals surface area (Å²) in [6.45, 7) is 5.36. The monoisotopic (exact) mass is 168 g/mol. The van der Waals surface area contributed by atoms with Crippen molar-refractivity contribution >= 4 is 17.7 Å². The van der Waals surface area contributed by atoms with Crippen LogP contribution in [0, 0.1) is 6.92 Å². The van der Waals surface area contributed by atoms with E-state index >= 15 is 0 Å². The molecule has 1 nitrogen and oxygen atoms in total. The van der Waals surface area contributed by atoms with Crippen LogP contribution in [0.25, 0.3) is 6.08 Å². The molecule has 0 saturated heterocycles. The summed E-state index contributed by atoms with van der Waals surface area (Å²) in [5, 5.41) is 9.77. The van der Waals surface area contributed by atoms with Gasteiger partial charge in [-0.25, -0.2) is 0 Å². The third-order valence-electron chi connectivity index (χ3n) is 1.61. The van der Waals surface area contributed by atoms with Crippen LogP contribution >= 0.6 is 11.6 Å². The lowest BCUT2D eigenvalue weighted by atomic mass is 10.1. The van der Waals surface area contributed by atoms with Crippen LogP contribution in [0.5, 0.6) is 5.75 Å². The van der Waals surface area contributed by atoms with Gasteiger partial charge in [0.25, 0.3) is 0 Å². The Morgan fingerprint density at radius 3 is 2.73 bits per heavy atom. The number of halogens is 1. The van der Waals surface area contributed by atoms with Gasteiger partial charge >= 0.3 is 0 Å². The molecule has 1 rings (SSSR count). The molecule has 0 saturated carbocycles. The molecule has 0 unspecified atom stereocenters. The molecule has 0 spiro atoms. The highest BCUT2D eigenvalue weighted by atomic mass is 35.5. The Morgan fingerprint density at radius 1 is 1.55 bits per heavy atom. The minimum absolute atomic E-state index is 0.223. The van der Waals surface area contributed by atoms with E-state index in [1.165, 1.54) is 0 Å². The smallest absolute Gasteiger partial charge is 0.120 e. The van der Waals surface area contributed by atoms with Crippen LogP contribution in [0.2, 0.25) is 5.02 Å². The zero-order chi connectivity index (χ0) is 8.43. The highest BCUT2D eigenvalue weighted by Gasteiger charge is 2.03. The number of aromatic hydroxyl groups is 1. The molecule has 0 bridgehead atoms. The van der Waals surface area contributed by atoms with E-state index in [9.17, 15) is 5.11 Å². The summed E-state index contributed by atoms with van der Waals surface area (Å²) >= 11 is 5.87. The highest BCUT2D eigenvalue weighted by Crippen LogP contribution is 2.28. The lowest BCUT2D eigenvalue weighted by Crippen LogP contribution is -1.80. The van der Waals surface area contributed by atoms with Crippen molar-refractivity contribution in [3.8, 4) is 5.75 Å². The number of hydrogen-bond donors (Lipinski definition) is 1. The maximum absolute atomic E-state index is 9.20. The van der Waals surface area contributed by atoms with Crippen LogP contribution in [-0.4, -0.2) is 5.11 Å². The third-order valence-corrected chi connectivity index (χ3v) is 2.11. The number of hydrogen-bond acceptors (Lipinski definition) is 1. The largest absolute Gasteiger partial charge is 0.508 e. The van der Waals surface area contributed by atoms with Gasteiger partial charge in [-0.3, -0.25) is 0 Å². The fraction of sp³-hybridized carbons (Fsp3) is 0.111. The summed E-state index contributed by atoms with van der Waals surface area (Å²) in [4.78, 5) is 0. The summed E-state index contributed by atoms with van der Waals surface area (Å²) in [5.41, 5.74) is 1.55. The summed E-state index contributed by atoms with van der Waals surface area (Å²) in [7, 11) is 0. The average Bonchev–Trinajstić information content (AvgIpc) is 2.01. The van der Waals surface area contributed by atoms with Crippen molar-refractivity contribution in [1.82, 2.24) is 0 Å². The summed E-state index contributed by atoms with van der Waals surface area (Å²) in [6, 6.07) is 3.34. The summed E-state index contributed by atoms with van der Waals surface area (Å²) in [5.74, 6) is 0.223. The topological polar surface area (TPSA) is 20.2 Å². The van der Waals surface area contributed by atoms with E-state index in [1.54, 1.807) is 25.1 Å². The Kier molecular flexibility index (Phi) is 2.20. The van der Waals surface area contributed by atoms with E-state index in [2.05, 4.69) is 6.58 Å². The number of rotatable bonds is 1. The first kappa shape index (κ1) is 8.15. The van der Waals surface area contributed by atoms with Crippen LogP contribution in [0.15, 0.2) is 18.7 Å². The van der Waals surface area contributed by atoms with Gasteiger partial charge in [0.2, 0.25) is 0 Å². The van der Waals surface area contributed by atoms with Gasteiger partial charge in [0.15, 0.2) is 0 Å². The van der Waals surface area contributed by atoms with Gasteiger partial charge in [0, 0.05) is 5.56 Å². The number of benzene rings is 1. The fourth-order valence-corrected chi connectivity index (χ4v) is 1.09. The molecular formula is C9H9ClO. The lowest BCUT2D eigenvalue weighted by Gasteiger charge is -2.03. The van der Waals surface area contributed by atoms with E-state index in [0.717, 1.165) is 5.56 Å². The van der Waals surface area contributed by atoms with E-state index in [1.807, 2.05) is 0 Å². The molecule has 11 heavy (non-hydrogen) atoms. The van der Waals surface area contributed by atoms with Crippen LogP contribution in [-0.2, 0) is 0 Å². The Labute approximate surface area is 70.9 Å². The predicted molar refractivity (Wildman–Crippen MR) is 47.9 cm³/mol. The zero-order valence-electron chi connectivity index (χ0n) is 6.26.